The van der Waals surface area contributed by atoms with Crippen LogP contribution in [0, 0.1) is 0 Å². The highest BCUT2D eigenvalue weighted by Crippen LogP contribution is 2.23. The Kier molecular flexibility index (Phi) is 6.58. The summed E-state index contributed by atoms with van der Waals surface area (Å²) < 4.78 is 27.3. The molecule has 0 atom stereocenters. The van der Waals surface area contributed by atoms with Crippen LogP contribution < -0.4 is 5.32 Å². The van der Waals surface area contributed by atoms with E-state index in [-0.39, 0.29) is 0 Å². The molecule has 0 heterocycles. The average molecular weight is 310 g/mol. The molecule has 0 bridgehead atoms. The second kappa shape index (κ2) is 7.73. The number of benzene rings is 1. The quantitative estimate of drug-likeness (QED) is 0.751. The monoisotopic (exact) mass is 310 g/mol. The van der Waals surface area contributed by atoms with Gasteiger partial charge in [-0.2, -0.15) is 4.31 Å². The molecule has 1 aromatic rings. The van der Waals surface area contributed by atoms with Gasteiger partial charge in [0.25, 0.3) is 0 Å². The van der Waals surface area contributed by atoms with Crippen molar-refractivity contribution in [1.82, 2.24) is 9.62 Å². The van der Waals surface area contributed by atoms with Crippen molar-refractivity contribution in [3.05, 3.63) is 41.5 Å². The number of likely N-dealkylation sites (N-methyl/N-ethyl adjacent to an activating group) is 1. The second-order valence-electron chi connectivity index (χ2n) is 5.21. The van der Waals surface area contributed by atoms with Gasteiger partial charge in [-0.05, 0) is 37.6 Å². The van der Waals surface area contributed by atoms with Gasteiger partial charge in [0, 0.05) is 19.6 Å². The number of hydrogen-bond acceptors (Lipinski definition) is 3. The summed E-state index contributed by atoms with van der Waals surface area (Å²) in [4.78, 5) is 0.417. The number of aryl methyl sites for hydroxylation is 1. The molecule has 0 aliphatic carbocycles. The summed E-state index contributed by atoms with van der Waals surface area (Å²) in [6, 6.07) is 5.67. The smallest absolute Gasteiger partial charge is 0.243 e. The first-order valence-corrected chi connectivity index (χ1v) is 8.71. The molecule has 1 rings (SSSR count). The average Bonchev–Trinajstić information content (AvgIpc) is 2.44. The van der Waals surface area contributed by atoms with Gasteiger partial charge >= 0.3 is 0 Å². The summed E-state index contributed by atoms with van der Waals surface area (Å²) in [5.74, 6) is 0. The third-order valence-electron chi connectivity index (χ3n) is 3.31. The Hall–Kier alpha value is -1.17. The number of sulfonamides is 1. The molecule has 0 aliphatic heterocycles. The van der Waals surface area contributed by atoms with Crippen molar-refractivity contribution < 1.29 is 8.42 Å². The van der Waals surface area contributed by atoms with Crippen molar-refractivity contribution in [2.75, 3.05) is 20.1 Å². The van der Waals surface area contributed by atoms with Crippen molar-refractivity contribution in [2.24, 2.45) is 0 Å². The fraction of sp³-hybridized carbons (Fsp3) is 0.500. The maximum Gasteiger partial charge on any atom is 0.243 e. The molecule has 0 fully saturated rings. The Bertz CT molecular complexity index is 594. The topological polar surface area (TPSA) is 49.4 Å². The van der Waals surface area contributed by atoms with E-state index in [0.717, 1.165) is 16.7 Å². The fourth-order valence-electron chi connectivity index (χ4n) is 2.25. The van der Waals surface area contributed by atoms with Gasteiger partial charge in [-0.25, -0.2) is 8.42 Å². The summed E-state index contributed by atoms with van der Waals surface area (Å²) in [6.45, 7) is 10.9. The first-order valence-electron chi connectivity index (χ1n) is 7.27. The van der Waals surface area contributed by atoms with Crippen LogP contribution in [0.25, 0.3) is 0 Å². The van der Waals surface area contributed by atoms with Crippen LogP contribution in [0.2, 0.25) is 0 Å². The van der Waals surface area contributed by atoms with E-state index >= 15 is 0 Å². The van der Waals surface area contributed by atoms with Crippen LogP contribution in [0.3, 0.4) is 0 Å². The Morgan fingerprint density at radius 1 is 1.33 bits per heavy atom. The lowest BCUT2D eigenvalue weighted by molar-refractivity contribution is 0.452. The summed E-state index contributed by atoms with van der Waals surface area (Å²) in [5.41, 5.74) is 2.67. The normalized spacial score (nSPS) is 11.9. The minimum atomic E-state index is -3.49. The Balaban J connectivity index is 3.33. The van der Waals surface area contributed by atoms with Gasteiger partial charge < -0.3 is 5.32 Å². The molecule has 5 heteroatoms. The summed E-state index contributed by atoms with van der Waals surface area (Å²) in [5, 5.41) is 3.05. The van der Waals surface area contributed by atoms with Crippen LogP contribution in [-0.4, -0.2) is 32.9 Å². The molecule has 0 saturated heterocycles. The van der Waals surface area contributed by atoms with Gasteiger partial charge in [0.2, 0.25) is 10.0 Å². The highest BCUT2D eigenvalue weighted by atomic mass is 32.2. The summed E-state index contributed by atoms with van der Waals surface area (Å²) in [7, 11) is -1.64. The zero-order valence-electron chi connectivity index (χ0n) is 13.4. The molecule has 0 saturated carbocycles. The van der Waals surface area contributed by atoms with Crippen molar-refractivity contribution in [3.8, 4) is 0 Å². The molecule has 4 nitrogen and oxygen atoms in total. The molecule has 118 valence electrons. The van der Waals surface area contributed by atoms with Crippen LogP contribution in [0.4, 0.5) is 0 Å². The van der Waals surface area contributed by atoms with Gasteiger partial charge in [0.15, 0.2) is 0 Å². The Labute approximate surface area is 128 Å². The van der Waals surface area contributed by atoms with Crippen LogP contribution in [-0.2, 0) is 23.0 Å². The van der Waals surface area contributed by atoms with Crippen molar-refractivity contribution in [3.63, 3.8) is 0 Å². The standard InChI is InChI=1S/C16H26N2O2S/c1-6-15-9-8-14(11-17-5)10-16(15)21(19,20)18(7-2)12-13(3)4/h8-10,17H,3,6-7,11-12H2,1-2,4-5H3. The third kappa shape index (κ3) is 4.40. The zero-order chi connectivity index (χ0) is 16.0. The van der Waals surface area contributed by atoms with Crippen molar-refractivity contribution in [1.29, 1.82) is 0 Å². The van der Waals surface area contributed by atoms with E-state index in [9.17, 15) is 8.42 Å². The van der Waals surface area contributed by atoms with E-state index in [4.69, 9.17) is 0 Å². The molecule has 0 aliphatic rings. The third-order valence-corrected chi connectivity index (χ3v) is 5.31. The lowest BCUT2D eigenvalue weighted by Gasteiger charge is -2.22. The zero-order valence-corrected chi connectivity index (χ0v) is 14.3. The molecule has 0 unspecified atom stereocenters. The van der Waals surface area contributed by atoms with Gasteiger partial charge in [-0.15, -0.1) is 0 Å². The maximum atomic E-state index is 12.9. The minimum absolute atomic E-state index is 0.359. The number of nitrogens with zero attached hydrogens (tertiary/aromatic N) is 1. The molecule has 0 amide bonds. The maximum absolute atomic E-state index is 12.9. The highest BCUT2D eigenvalue weighted by Gasteiger charge is 2.25. The van der Waals surface area contributed by atoms with Gasteiger partial charge in [-0.1, -0.05) is 38.1 Å². The molecule has 0 radical (unpaired) electrons. The van der Waals surface area contributed by atoms with Crippen LogP contribution in [0.1, 0.15) is 31.9 Å². The lowest BCUT2D eigenvalue weighted by atomic mass is 10.1. The molecular weight excluding hydrogens is 284 g/mol. The summed E-state index contributed by atoms with van der Waals surface area (Å²) in [6.07, 6.45) is 0.693. The lowest BCUT2D eigenvalue weighted by Crippen LogP contribution is -2.33. The molecule has 1 N–H and O–H groups in total. The summed E-state index contributed by atoms with van der Waals surface area (Å²) >= 11 is 0. The molecule has 21 heavy (non-hydrogen) atoms. The molecule has 0 spiro atoms. The largest absolute Gasteiger partial charge is 0.316 e. The van der Waals surface area contributed by atoms with E-state index in [1.54, 1.807) is 6.07 Å². The van der Waals surface area contributed by atoms with Crippen molar-refractivity contribution >= 4 is 10.0 Å². The number of rotatable bonds is 8. The van der Waals surface area contributed by atoms with Gasteiger partial charge in [0.05, 0.1) is 4.90 Å². The second-order valence-corrected chi connectivity index (χ2v) is 7.12. The first kappa shape index (κ1) is 17.9. The van der Waals surface area contributed by atoms with E-state index in [2.05, 4.69) is 11.9 Å². The van der Waals surface area contributed by atoms with Crippen LogP contribution >= 0.6 is 0 Å². The Morgan fingerprint density at radius 3 is 2.48 bits per heavy atom. The minimum Gasteiger partial charge on any atom is -0.316 e. The van der Waals surface area contributed by atoms with E-state index < -0.39 is 10.0 Å². The highest BCUT2D eigenvalue weighted by molar-refractivity contribution is 7.89. The van der Waals surface area contributed by atoms with Crippen LogP contribution in [0.15, 0.2) is 35.2 Å². The molecule has 1 aromatic carbocycles. The van der Waals surface area contributed by atoms with E-state index in [1.807, 2.05) is 40.0 Å². The van der Waals surface area contributed by atoms with E-state index in [1.165, 1.54) is 4.31 Å². The van der Waals surface area contributed by atoms with Crippen LogP contribution in [0.5, 0.6) is 0 Å². The molecular formula is C16H26N2O2S. The SMILES string of the molecule is C=C(C)CN(CC)S(=O)(=O)c1cc(CNC)ccc1CC. The predicted octanol–water partition coefficient (Wildman–Crippen LogP) is 2.56. The number of nitrogens with one attached hydrogen (secondary N) is 1. The predicted molar refractivity (Wildman–Crippen MR) is 87.8 cm³/mol. The fourth-order valence-corrected chi connectivity index (χ4v) is 4.10. The van der Waals surface area contributed by atoms with Gasteiger partial charge in [-0.3, -0.25) is 0 Å². The Morgan fingerprint density at radius 2 is 2.00 bits per heavy atom. The van der Waals surface area contributed by atoms with Crippen molar-refractivity contribution in [2.45, 2.75) is 38.6 Å². The molecule has 0 aromatic heterocycles. The first-order chi connectivity index (χ1) is 9.86. The van der Waals surface area contributed by atoms with Gasteiger partial charge in [0.1, 0.15) is 0 Å². The number of hydrogen-bond donors (Lipinski definition) is 1. The van der Waals surface area contributed by atoms with E-state index in [0.29, 0.717) is 31.0 Å².